The van der Waals surface area contributed by atoms with Crippen LogP contribution in [0, 0.1) is 5.92 Å². The Morgan fingerprint density at radius 2 is 1.87 bits per heavy atom. The van der Waals surface area contributed by atoms with Gasteiger partial charge in [-0.2, -0.15) is 0 Å². The Morgan fingerprint density at radius 3 is 2.73 bits per heavy atom. The van der Waals surface area contributed by atoms with Crippen molar-refractivity contribution in [3.05, 3.63) is 72.6 Å². The summed E-state index contributed by atoms with van der Waals surface area (Å²) < 4.78 is 8.33. The second-order valence-corrected chi connectivity index (χ2v) is 7.94. The summed E-state index contributed by atoms with van der Waals surface area (Å²) in [7, 11) is 0. The van der Waals surface area contributed by atoms with Crippen molar-refractivity contribution in [3.8, 4) is 5.75 Å². The number of aromatic nitrogens is 2. The van der Waals surface area contributed by atoms with Gasteiger partial charge >= 0.3 is 0 Å². The maximum atomic E-state index is 12.3. The van der Waals surface area contributed by atoms with E-state index in [4.69, 9.17) is 9.72 Å². The number of nitrogens with one attached hydrogen (secondary N) is 1. The van der Waals surface area contributed by atoms with Crippen LogP contribution in [0.2, 0.25) is 0 Å². The van der Waals surface area contributed by atoms with E-state index in [0.29, 0.717) is 13.2 Å². The summed E-state index contributed by atoms with van der Waals surface area (Å²) in [6.45, 7) is 3.18. The van der Waals surface area contributed by atoms with Gasteiger partial charge in [0.05, 0.1) is 23.6 Å². The van der Waals surface area contributed by atoms with Crippen molar-refractivity contribution < 1.29 is 9.53 Å². The molecule has 1 aliphatic rings. The maximum absolute atomic E-state index is 12.3. The zero-order valence-corrected chi connectivity index (χ0v) is 17.0. The Hall–Kier alpha value is -3.34. The van der Waals surface area contributed by atoms with E-state index in [9.17, 15) is 4.79 Å². The second-order valence-electron chi connectivity index (χ2n) is 7.94. The molecule has 30 heavy (non-hydrogen) atoms. The van der Waals surface area contributed by atoms with Gasteiger partial charge < -0.3 is 14.6 Å². The van der Waals surface area contributed by atoms with Crippen LogP contribution in [0.15, 0.2) is 66.7 Å². The highest BCUT2D eigenvalue weighted by molar-refractivity contribution is 5.88. The molecule has 1 fully saturated rings. The number of fused-ring (bicyclic) bond motifs is 2. The first-order valence-electron chi connectivity index (χ1n) is 10.6. The molecule has 1 N–H and O–H groups in total. The molecule has 0 saturated heterocycles. The smallest absolute Gasteiger partial charge is 0.223 e. The van der Waals surface area contributed by atoms with E-state index in [1.165, 1.54) is 5.39 Å². The van der Waals surface area contributed by atoms with Crippen LogP contribution >= 0.6 is 0 Å². The highest BCUT2D eigenvalue weighted by Gasteiger charge is 2.31. The number of hydrogen-bond donors (Lipinski definition) is 1. The lowest BCUT2D eigenvalue weighted by Crippen LogP contribution is -2.30. The summed E-state index contributed by atoms with van der Waals surface area (Å²) in [4.78, 5) is 17.1. The minimum absolute atomic E-state index is 0.133. The highest BCUT2D eigenvalue weighted by atomic mass is 16.5. The zero-order chi connectivity index (χ0) is 20.5. The molecule has 5 rings (SSSR count). The van der Waals surface area contributed by atoms with Gasteiger partial charge in [-0.15, -0.1) is 0 Å². The number of benzene rings is 3. The molecule has 0 aliphatic heterocycles. The van der Waals surface area contributed by atoms with Crippen LogP contribution in [0.1, 0.15) is 31.6 Å². The SMILES string of the molecule is CC(NC(=O)C1CC1)c1nc2ccccc2n1CCOc1cccc2ccccc12. The van der Waals surface area contributed by atoms with Gasteiger partial charge in [-0.1, -0.05) is 48.5 Å². The number of imidazole rings is 1. The van der Waals surface area contributed by atoms with E-state index in [-0.39, 0.29) is 17.9 Å². The van der Waals surface area contributed by atoms with E-state index >= 15 is 0 Å². The average Bonchev–Trinajstić information content (AvgIpc) is 3.56. The van der Waals surface area contributed by atoms with Gasteiger partial charge in [0.1, 0.15) is 18.2 Å². The van der Waals surface area contributed by atoms with E-state index in [0.717, 1.165) is 40.8 Å². The van der Waals surface area contributed by atoms with Crippen LogP contribution < -0.4 is 10.1 Å². The Morgan fingerprint density at radius 1 is 1.10 bits per heavy atom. The largest absolute Gasteiger partial charge is 0.491 e. The Balaban J connectivity index is 1.38. The normalized spacial score (nSPS) is 14.7. The highest BCUT2D eigenvalue weighted by Crippen LogP contribution is 2.30. The molecule has 1 aliphatic carbocycles. The van der Waals surface area contributed by atoms with Crippen molar-refractivity contribution >= 4 is 27.7 Å². The minimum atomic E-state index is -0.150. The summed E-state index contributed by atoms with van der Waals surface area (Å²) in [5.41, 5.74) is 1.99. The zero-order valence-electron chi connectivity index (χ0n) is 17.0. The van der Waals surface area contributed by atoms with Crippen molar-refractivity contribution in [1.82, 2.24) is 14.9 Å². The van der Waals surface area contributed by atoms with E-state index in [1.54, 1.807) is 0 Å². The van der Waals surface area contributed by atoms with Crippen LogP contribution in [-0.4, -0.2) is 22.1 Å². The number of hydrogen-bond acceptors (Lipinski definition) is 3. The lowest BCUT2D eigenvalue weighted by molar-refractivity contribution is -0.123. The summed E-state index contributed by atoms with van der Waals surface area (Å²) in [6, 6.07) is 22.3. The molecular weight excluding hydrogens is 374 g/mol. The molecule has 3 aromatic carbocycles. The Kier molecular flexibility index (Phi) is 4.87. The van der Waals surface area contributed by atoms with Crippen molar-refractivity contribution in [1.29, 1.82) is 0 Å². The second kappa shape index (κ2) is 7.82. The number of carbonyl (C=O) groups excluding carboxylic acids is 1. The third-order valence-corrected chi connectivity index (χ3v) is 5.70. The fraction of sp³-hybridized carbons (Fsp3) is 0.280. The van der Waals surface area contributed by atoms with Crippen LogP contribution in [0.4, 0.5) is 0 Å². The standard InChI is InChI=1S/C25H25N3O2/c1-17(26-25(29)19-13-14-19)24-27-21-10-4-5-11-22(21)28(24)15-16-30-23-12-6-8-18-7-2-3-9-20(18)23/h2-12,17,19H,13-16H2,1H3,(H,26,29). The molecule has 5 heteroatoms. The first-order chi connectivity index (χ1) is 14.7. The average molecular weight is 399 g/mol. The molecule has 0 radical (unpaired) electrons. The first-order valence-corrected chi connectivity index (χ1v) is 10.6. The van der Waals surface area contributed by atoms with Crippen molar-refractivity contribution in [2.75, 3.05) is 6.61 Å². The van der Waals surface area contributed by atoms with Gasteiger partial charge in [-0.3, -0.25) is 4.79 Å². The fourth-order valence-corrected chi connectivity index (χ4v) is 3.97. The van der Waals surface area contributed by atoms with Gasteiger partial charge in [-0.05, 0) is 43.4 Å². The number of ether oxygens (including phenoxy) is 1. The third kappa shape index (κ3) is 3.63. The third-order valence-electron chi connectivity index (χ3n) is 5.70. The summed E-state index contributed by atoms with van der Waals surface area (Å²) in [6.07, 6.45) is 1.99. The first kappa shape index (κ1) is 18.7. The number of rotatable bonds is 7. The Bertz CT molecular complexity index is 1200. The van der Waals surface area contributed by atoms with Crippen molar-refractivity contribution in [2.24, 2.45) is 5.92 Å². The molecule has 1 amide bonds. The quantitative estimate of drug-likeness (QED) is 0.483. The molecule has 5 nitrogen and oxygen atoms in total. The molecular formula is C25H25N3O2. The topological polar surface area (TPSA) is 56.2 Å². The Labute approximate surface area is 175 Å². The molecule has 152 valence electrons. The lowest BCUT2D eigenvalue weighted by Gasteiger charge is -2.17. The summed E-state index contributed by atoms with van der Waals surface area (Å²) >= 11 is 0. The number of nitrogens with zero attached hydrogens (tertiary/aromatic N) is 2. The molecule has 0 spiro atoms. The van der Waals surface area contributed by atoms with Gasteiger partial charge in [0.15, 0.2) is 0 Å². The molecule has 0 bridgehead atoms. The minimum Gasteiger partial charge on any atom is -0.491 e. The molecule has 1 saturated carbocycles. The van der Waals surface area contributed by atoms with Gasteiger partial charge in [0.25, 0.3) is 0 Å². The predicted molar refractivity (Wildman–Crippen MR) is 118 cm³/mol. The van der Waals surface area contributed by atoms with Gasteiger partial charge in [-0.25, -0.2) is 4.98 Å². The maximum Gasteiger partial charge on any atom is 0.223 e. The number of para-hydroxylation sites is 2. The molecule has 4 aromatic rings. The number of carbonyl (C=O) groups is 1. The van der Waals surface area contributed by atoms with E-state index in [2.05, 4.69) is 34.1 Å². The van der Waals surface area contributed by atoms with E-state index in [1.807, 2.05) is 49.4 Å². The lowest BCUT2D eigenvalue weighted by atomic mass is 10.1. The van der Waals surface area contributed by atoms with Crippen LogP contribution in [0.5, 0.6) is 5.75 Å². The van der Waals surface area contributed by atoms with Gasteiger partial charge in [0, 0.05) is 11.3 Å². The van der Waals surface area contributed by atoms with Crippen molar-refractivity contribution in [3.63, 3.8) is 0 Å². The van der Waals surface area contributed by atoms with Crippen LogP contribution in [0.3, 0.4) is 0 Å². The van der Waals surface area contributed by atoms with Crippen LogP contribution in [-0.2, 0) is 11.3 Å². The summed E-state index contributed by atoms with van der Waals surface area (Å²) in [5, 5.41) is 5.41. The molecule has 1 heterocycles. The predicted octanol–water partition coefficient (Wildman–Crippen LogP) is 4.86. The summed E-state index contributed by atoms with van der Waals surface area (Å²) in [5.74, 6) is 2.06. The van der Waals surface area contributed by atoms with E-state index < -0.39 is 0 Å². The van der Waals surface area contributed by atoms with Gasteiger partial charge in [0.2, 0.25) is 5.91 Å². The number of amides is 1. The monoisotopic (exact) mass is 399 g/mol. The molecule has 1 aromatic heterocycles. The van der Waals surface area contributed by atoms with Crippen molar-refractivity contribution in [2.45, 2.75) is 32.4 Å². The fourth-order valence-electron chi connectivity index (χ4n) is 3.97. The molecule has 1 atom stereocenters. The van der Waals surface area contributed by atoms with Crippen LogP contribution in [0.25, 0.3) is 21.8 Å². The molecule has 1 unspecified atom stereocenters.